The predicted octanol–water partition coefficient (Wildman–Crippen LogP) is 2.72. The molecule has 0 unspecified atom stereocenters. The maximum atomic E-state index is 5.83. The van der Waals surface area contributed by atoms with Crippen LogP contribution in [0.1, 0.15) is 11.4 Å². The Bertz CT molecular complexity index is 534. The van der Waals surface area contributed by atoms with Crippen LogP contribution >= 0.6 is 11.6 Å². The van der Waals surface area contributed by atoms with Crippen molar-refractivity contribution in [2.24, 2.45) is 0 Å². The van der Waals surface area contributed by atoms with Crippen LogP contribution in [-0.2, 0) is 12.4 Å². The summed E-state index contributed by atoms with van der Waals surface area (Å²) in [6, 6.07) is 6.12. The van der Waals surface area contributed by atoms with Crippen LogP contribution in [-0.4, -0.2) is 9.55 Å². The second-order valence-corrected chi connectivity index (χ2v) is 3.71. The summed E-state index contributed by atoms with van der Waals surface area (Å²) in [5, 5.41) is 0. The molecule has 76 valence electrons. The zero-order valence-electron chi connectivity index (χ0n) is 8.50. The Morgan fingerprint density at radius 1 is 1.53 bits per heavy atom. The van der Waals surface area contributed by atoms with E-state index in [1.807, 2.05) is 23.6 Å². The normalized spacial score (nSPS) is 10.5. The van der Waals surface area contributed by atoms with Gasteiger partial charge in [0.2, 0.25) is 0 Å². The van der Waals surface area contributed by atoms with Crippen molar-refractivity contribution in [1.82, 2.24) is 9.55 Å². The van der Waals surface area contributed by atoms with Crippen molar-refractivity contribution in [3.05, 3.63) is 29.6 Å². The third kappa shape index (κ3) is 1.71. The van der Waals surface area contributed by atoms with E-state index in [1.165, 1.54) is 5.56 Å². The Morgan fingerprint density at radius 3 is 3.00 bits per heavy atom. The summed E-state index contributed by atoms with van der Waals surface area (Å²) in [4.78, 5) is 4.45. The van der Waals surface area contributed by atoms with E-state index in [1.54, 1.807) is 0 Å². The highest BCUT2D eigenvalue weighted by Gasteiger charge is 2.08. The van der Waals surface area contributed by atoms with Gasteiger partial charge in [-0.2, -0.15) is 0 Å². The number of imidazole rings is 1. The maximum absolute atomic E-state index is 5.83. The molecule has 2 rings (SSSR count). The molecule has 0 radical (unpaired) electrons. The molecule has 0 fully saturated rings. The van der Waals surface area contributed by atoms with Gasteiger partial charge < -0.3 is 4.57 Å². The summed E-state index contributed by atoms with van der Waals surface area (Å²) in [5.74, 6) is 3.83. The van der Waals surface area contributed by atoms with Crippen molar-refractivity contribution >= 4 is 22.6 Å². The Hall–Kier alpha value is -1.46. The topological polar surface area (TPSA) is 17.8 Å². The first-order chi connectivity index (χ1) is 7.26. The Kier molecular flexibility index (Phi) is 2.66. The molecule has 0 aliphatic carbocycles. The lowest BCUT2D eigenvalue weighted by Gasteiger charge is -2.01. The Morgan fingerprint density at radius 2 is 2.33 bits per heavy atom. The molecule has 0 aliphatic rings. The molecule has 1 aromatic carbocycles. The molecule has 15 heavy (non-hydrogen) atoms. The Balaban J connectivity index is 2.70. The number of aromatic nitrogens is 2. The fourth-order valence-electron chi connectivity index (χ4n) is 1.66. The fourth-order valence-corrected chi connectivity index (χ4v) is 1.86. The average molecular weight is 219 g/mol. The summed E-state index contributed by atoms with van der Waals surface area (Å²) in [6.45, 7) is 2.56. The first-order valence-electron chi connectivity index (χ1n) is 4.71. The highest BCUT2D eigenvalue weighted by atomic mass is 35.5. The largest absolute Gasteiger partial charge is 0.315 e. The number of fused-ring (bicyclic) bond motifs is 1. The van der Waals surface area contributed by atoms with Gasteiger partial charge in [0.15, 0.2) is 0 Å². The standard InChI is InChI=1S/C12H11ClN2/c1-3-6-15-11-5-4-9(2)7-10(11)14-12(15)8-13/h1,4-5,7H,6,8H2,2H3. The Labute approximate surface area is 93.9 Å². The zero-order chi connectivity index (χ0) is 10.8. The van der Waals surface area contributed by atoms with Crippen molar-refractivity contribution in [3.63, 3.8) is 0 Å². The molecule has 0 amide bonds. The minimum Gasteiger partial charge on any atom is -0.315 e. The minimum atomic E-state index is 0.384. The number of hydrogen-bond acceptors (Lipinski definition) is 1. The van der Waals surface area contributed by atoms with Crippen LogP contribution in [0.15, 0.2) is 18.2 Å². The van der Waals surface area contributed by atoms with Gasteiger partial charge in [-0.25, -0.2) is 4.98 Å². The number of terminal acetylenes is 1. The summed E-state index contributed by atoms with van der Waals surface area (Å²) in [7, 11) is 0. The first kappa shape index (κ1) is 10.1. The molecule has 1 aromatic heterocycles. The smallest absolute Gasteiger partial charge is 0.125 e. The fraction of sp³-hybridized carbons (Fsp3) is 0.250. The molecular weight excluding hydrogens is 208 g/mol. The summed E-state index contributed by atoms with van der Waals surface area (Å²) >= 11 is 5.83. The molecule has 0 bridgehead atoms. The van der Waals surface area contributed by atoms with Gasteiger partial charge >= 0.3 is 0 Å². The molecule has 0 N–H and O–H groups in total. The maximum Gasteiger partial charge on any atom is 0.125 e. The summed E-state index contributed by atoms with van der Waals surface area (Å²) in [5.41, 5.74) is 3.20. The van der Waals surface area contributed by atoms with E-state index in [2.05, 4.69) is 17.0 Å². The molecule has 0 atom stereocenters. The van der Waals surface area contributed by atoms with Crippen LogP contribution in [0.25, 0.3) is 11.0 Å². The van der Waals surface area contributed by atoms with Crippen LogP contribution < -0.4 is 0 Å². The number of alkyl halides is 1. The monoisotopic (exact) mass is 218 g/mol. The SMILES string of the molecule is C#CCn1c(CCl)nc2cc(C)ccc21. The van der Waals surface area contributed by atoms with E-state index >= 15 is 0 Å². The lowest BCUT2D eigenvalue weighted by Crippen LogP contribution is -2.00. The number of rotatable bonds is 2. The van der Waals surface area contributed by atoms with Gasteiger partial charge in [0.1, 0.15) is 5.82 Å². The molecule has 1 heterocycles. The lowest BCUT2D eigenvalue weighted by molar-refractivity contribution is 0.815. The molecular formula is C12H11ClN2. The van der Waals surface area contributed by atoms with Crippen molar-refractivity contribution in [2.45, 2.75) is 19.3 Å². The van der Waals surface area contributed by atoms with Crippen molar-refractivity contribution in [1.29, 1.82) is 0 Å². The second kappa shape index (κ2) is 3.96. The molecule has 0 saturated heterocycles. The van der Waals surface area contributed by atoms with Gasteiger partial charge in [-0.05, 0) is 24.6 Å². The molecule has 0 spiro atoms. The third-order valence-electron chi connectivity index (χ3n) is 2.35. The minimum absolute atomic E-state index is 0.384. The lowest BCUT2D eigenvalue weighted by atomic mass is 10.2. The number of nitrogens with zero attached hydrogens (tertiary/aromatic N) is 2. The van der Waals surface area contributed by atoms with Crippen molar-refractivity contribution in [2.75, 3.05) is 0 Å². The van der Waals surface area contributed by atoms with E-state index < -0.39 is 0 Å². The van der Waals surface area contributed by atoms with Gasteiger partial charge in [0.05, 0.1) is 23.5 Å². The van der Waals surface area contributed by atoms with Crippen LogP contribution in [0.2, 0.25) is 0 Å². The van der Waals surface area contributed by atoms with E-state index in [0.29, 0.717) is 12.4 Å². The number of benzene rings is 1. The molecule has 2 nitrogen and oxygen atoms in total. The second-order valence-electron chi connectivity index (χ2n) is 3.44. The van der Waals surface area contributed by atoms with Gasteiger partial charge in [-0.3, -0.25) is 0 Å². The van der Waals surface area contributed by atoms with Gasteiger partial charge in [-0.1, -0.05) is 12.0 Å². The number of hydrogen-bond donors (Lipinski definition) is 0. The van der Waals surface area contributed by atoms with Crippen LogP contribution in [0.5, 0.6) is 0 Å². The number of halogens is 1. The first-order valence-corrected chi connectivity index (χ1v) is 5.25. The van der Waals surface area contributed by atoms with E-state index in [-0.39, 0.29) is 0 Å². The number of aryl methyl sites for hydroxylation is 1. The summed E-state index contributed by atoms with van der Waals surface area (Å²) < 4.78 is 1.97. The van der Waals surface area contributed by atoms with E-state index in [4.69, 9.17) is 18.0 Å². The van der Waals surface area contributed by atoms with Crippen LogP contribution in [0.4, 0.5) is 0 Å². The van der Waals surface area contributed by atoms with E-state index in [9.17, 15) is 0 Å². The van der Waals surface area contributed by atoms with Crippen molar-refractivity contribution in [3.8, 4) is 12.3 Å². The van der Waals surface area contributed by atoms with Gasteiger partial charge in [0.25, 0.3) is 0 Å². The zero-order valence-corrected chi connectivity index (χ0v) is 9.25. The third-order valence-corrected chi connectivity index (χ3v) is 2.59. The molecule has 3 heteroatoms. The van der Waals surface area contributed by atoms with Gasteiger partial charge in [0, 0.05) is 0 Å². The average Bonchev–Trinajstić information content (AvgIpc) is 2.56. The van der Waals surface area contributed by atoms with Crippen LogP contribution in [0, 0.1) is 19.3 Å². The molecule has 0 saturated carbocycles. The highest BCUT2D eigenvalue weighted by molar-refractivity contribution is 6.16. The van der Waals surface area contributed by atoms with Crippen molar-refractivity contribution < 1.29 is 0 Å². The van der Waals surface area contributed by atoms with Gasteiger partial charge in [-0.15, -0.1) is 18.0 Å². The summed E-state index contributed by atoms with van der Waals surface area (Å²) in [6.07, 6.45) is 5.32. The molecule has 0 aliphatic heterocycles. The molecule has 2 aromatic rings. The van der Waals surface area contributed by atoms with E-state index in [0.717, 1.165) is 16.9 Å². The van der Waals surface area contributed by atoms with Crippen LogP contribution in [0.3, 0.4) is 0 Å². The quantitative estimate of drug-likeness (QED) is 0.560. The highest BCUT2D eigenvalue weighted by Crippen LogP contribution is 2.18. The predicted molar refractivity (Wildman–Crippen MR) is 62.9 cm³/mol.